The van der Waals surface area contributed by atoms with Crippen LogP contribution < -0.4 is 14.8 Å². The van der Waals surface area contributed by atoms with Crippen LogP contribution in [0.4, 0.5) is 5.69 Å². The molecule has 1 fully saturated rings. The summed E-state index contributed by atoms with van der Waals surface area (Å²) in [6, 6.07) is 10.1. The lowest BCUT2D eigenvalue weighted by atomic mass is 10.1. The summed E-state index contributed by atoms with van der Waals surface area (Å²) in [6.07, 6.45) is 2.26. The van der Waals surface area contributed by atoms with Crippen LogP contribution in [0.5, 0.6) is 11.5 Å². The van der Waals surface area contributed by atoms with E-state index < -0.39 is 0 Å². The Morgan fingerprint density at radius 1 is 1.00 bits per heavy atom. The molecule has 4 nitrogen and oxygen atoms in total. The van der Waals surface area contributed by atoms with Crippen LogP contribution in [-0.4, -0.2) is 19.1 Å². The Morgan fingerprint density at radius 2 is 1.75 bits per heavy atom. The molecule has 0 atom stereocenters. The van der Waals surface area contributed by atoms with Crippen molar-refractivity contribution in [3.8, 4) is 11.5 Å². The van der Waals surface area contributed by atoms with E-state index in [9.17, 15) is 4.79 Å². The fraction of sp³-hybridized carbons (Fsp3) is 0.278. The van der Waals surface area contributed by atoms with Crippen molar-refractivity contribution in [2.24, 2.45) is 5.41 Å². The lowest BCUT2D eigenvalue weighted by Crippen LogP contribution is -2.17. The minimum absolute atomic E-state index is 0.165. The van der Waals surface area contributed by atoms with E-state index in [2.05, 4.69) is 5.32 Å². The molecule has 1 amide bonds. The Kier molecular flexibility index (Phi) is 3.82. The highest BCUT2D eigenvalue weighted by molar-refractivity contribution is 6.36. The highest BCUT2D eigenvalue weighted by Crippen LogP contribution is 2.49. The summed E-state index contributed by atoms with van der Waals surface area (Å²) < 4.78 is 11.7. The predicted octanol–water partition coefficient (Wildman–Crippen LogP) is 4.80. The van der Waals surface area contributed by atoms with Gasteiger partial charge >= 0.3 is 0 Å². The second kappa shape index (κ2) is 5.87. The minimum atomic E-state index is -0.268. The molecule has 124 valence electrons. The van der Waals surface area contributed by atoms with Gasteiger partial charge in [0.1, 0.15) is 0 Å². The van der Waals surface area contributed by atoms with Gasteiger partial charge in [0, 0.05) is 16.0 Å². The van der Waals surface area contributed by atoms with E-state index in [1.54, 1.807) is 36.4 Å². The number of ether oxygens (including phenoxy) is 2. The zero-order valence-electron chi connectivity index (χ0n) is 12.8. The summed E-state index contributed by atoms with van der Waals surface area (Å²) >= 11 is 12.0. The van der Waals surface area contributed by atoms with Gasteiger partial charge in [0.15, 0.2) is 11.5 Å². The van der Waals surface area contributed by atoms with E-state index in [1.807, 2.05) is 0 Å². The van der Waals surface area contributed by atoms with Gasteiger partial charge in [-0.1, -0.05) is 23.2 Å². The highest BCUT2D eigenvalue weighted by Gasteiger charge is 2.46. The van der Waals surface area contributed by atoms with Gasteiger partial charge in [-0.2, -0.15) is 0 Å². The van der Waals surface area contributed by atoms with Crippen LogP contribution in [-0.2, 0) is 0 Å². The zero-order valence-corrected chi connectivity index (χ0v) is 14.3. The monoisotopic (exact) mass is 363 g/mol. The third kappa shape index (κ3) is 3.04. The second-order valence-electron chi connectivity index (χ2n) is 6.32. The molecule has 1 aliphatic carbocycles. The smallest absolute Gasteiger partial charge is 0.255 e. The maximum Gasteiger partial charge on any atom is 0.255 e. The molecule has 1 N–H and O–H groups in total. The molecule has 0 saturated heterocycles. The number of fused-ring (bicyclic) bond motifs is 1. The Balaban J connectivity index is 1.54. The first-order valence-electron chi connectivity index (χ1n) is 7.71. The number of rotatable bonds is 2. The summed E-state index contributed by atoms with van der Waals surface area (Å²) in [6.45, 7) is 1.31. The summed E-state index contributed by atoms with van der Waals surface area (Å²) in [5, 5.41) is 3.68. The summed E-state index contributed by atoms with van der Waals surface area (Å²) in [5.41, 5.74) is 1.16. The summed E-state index contributed by atoms with van der Waals surface area (Å²) in [5.74, 6) is 1.02. The minimum Gasteiger partial charge on any atom is -0.489 e. The van der Waals surface area contributed by atoms with Crippen LogP contribution in [0.2, 0.25) is 10.0 Å². The number of amides is 1. The average Bonchev–Trinajstić information content (AvgIpc) is 3.36. The highest BCUT2D eigenvalue weighted by atomic mass is 35.5. The van der Waals surface area contributed by atoms with Gasteiger partial charge in [-0.05, 0) is 49.2 Å². The number of anilines is 1. The molecule has 0 aromatic heterocycles. The van der Waals surface area contributed by atoms with Crippen LogP contribution in [0.1, 0.15) is 23.2 Å². The van der Waals surface area contributed by atoms with Gasteiger partial charge in [-0.3, -0.25) is 4.79 Å². The Hall–Kier alpha value is -1.91. The van der Waals surface area contributed by atoms with E-state index in [0.29, 0.717) is 46.0 Å². The standard InChI is InChI=1S/C18H15Cl2NO3/c19-12-2-3-14(13(20)8-12)21-17(22)11-1-4-15-16(7-11)24-10-18(5-6-18)9-23-15/h1-4,7-8H,5-6,9-10H2,(H,21,22). The Labute approximate surface area is 149 Å². The first-order chi connectivity index (χ1) is 11.5. The molecular weight excluding hydrogens is 349 g/mol. The molecule has 4 rings (SSSR count). The van der Waals surface area contributed by atoms with Crippen molar-refractivity contribution in [3.63, 3.8) is 0 Å². The largest absolute Gasteiger partial charge is 0.489 e. The van der Waals surface area contributed by atoms with Crippen LogP contribution >= 0.6 is 23.2 Å². The molecule has 1 heterocycles. The normalized spacial score (nSPS) is 17.2. The van der Waals surface area contributed by atoms with E-state index >= 15 is 0 Å². The first-order valence-corrected chi connectivity index (χ1v) is 8.46. The SMILES string of the molecule is O=C(Nc1ccc(Cl)cc1Cl)c1ccc2c(c1)OCC1(CC1)CO2. The quantitative estimate of drug-likeness (QED) is 0.833. The third-order valence-corrected chi connectivity index (χ3v) is 4.96. The van der Waals surface area contributed by atoms with E-state index in [1.165, 1.54) is 0 Å². The molecule has 1 aliphatic heterocycles. The maximum atomic E-state index is 12.5. The fourth-order valence-corrected chi connectivity index (χ4v) is 3.09. The molecule has 2 aliphatic rings. The molecule has 0 radical (unpaired) electrons. The first kappa shape index (κ1) is 15.6. The van der Waals surface area contributed by atoms with Crippen molar-refractivity contribution in [2.45, 2.75) is 12.8 Å². The third-order valence-electron chi connectivity index (χ3n) is 4.41. The van der Waals surface area contributed by atoms with Gasteiger partial charge in [-0.15, -0.1) is 0 Å². The van der Waals surface area contributed by atoms with Crippen LogP contribution in [0.3, 0.4) is 0 Å². The van der Waals surface area contributed by atoms with E-state index in [4.69, 9.17) is 32.7 Å². The maximum absolute atomic E-state index is 12.5. The van der Waals surface area contributed by atoms with E-state index in [0.717, 1.165) is 12.8 Å². The lowest BCUT2D eigenvalue weighted by Gasteiger charge is -2.10. The molecule has 24 heavy (non-hydrogen) atoms. The fourth-order valence-electron chi connectivity index (χ4n) is 2.64. The van der Waals surface area contributed by atoms with Crippen molar-refractivity contribution in [1.82, 2.24) is 0 Å². The van der Waals surface area contributed by atoms with Gasteiger partial charge in [0.25, 0.3) is 5.91 Å². The number of carbonyl (C=O) groups is 1. The number of nitrogens with one attached hydrogen (secondary N) is 1. The number of carbonyl (C=O) groups excluding carboxylic acids is 1. The van der Waals surface area contributed by atoms with Crippen LogP contribution in [0, 0.1) is 5.41 Å². The van der Waals surface area contributed by atoms with Crippen molar-refractivity contribution in [2.75, 3.05) is 18.5 Å². The van der Waals surface area contributed by atoms with Crippen molar-refractivity contribution < 1.29 is 14.3 Å². The molecule has 2 aromatic carbocycles. The average molecular weight is 364 g/mol. The molecule has 1 saturated carbocycles. The molecule has 1 spiro atoms. The second-order valence-corrected chi connectivity index (χ2v) is 7.16. The van der Waals surface area contributed by atoms with E-state index in [-0.39, 0.29) is 11.3 Å². The van der Waals surface area contributed by atoms with Gasteiger partial charge in [0.05, 0.1) is 23.9 Å². The molecule has 2 aromatic rings. The molecule has 0 bridgehead atoms. The predicted molar refractivity (Wildman–Crippen MR) is 93.5 cm³/mol. The number of benzene rings is 2. The summed E-state index contributed by atoms with van der Waals surface area (Å²) in [4.78, 5) is 12.5. The lowest BCUT2D eigenvalue weighted by molar-refractivity contribution is 0.102. The number of hydrogen-bond donors (Lipinski definition) is 1. The molecule has 0 unspecified atom stereocenters. The topological polar surface area (TPSA) is 47.6 Å². The van der Waals surface area contributed by atoms with Crippen molar-refractivity contribution in [3.05, 3.63) is 52.0 Å². The Bertz CT molecular complexity index is 818. The zero-order chi connectivity index (χ0) is 16.7. The van der Waals surface area contributed by atoms with Gasteiger partial charge in [0.2, 0.25) is 0 Å². The molecule has 6 heteroatoms. The number of halogens is 2. The van der Waals surface area contributed by atoms with Gasteiger partial charge in [-0.25, -0.2) is 0 Å². The number of hydrogen-bond acceptors (Lipinski definition) is 3. The van der Waals surface area contributed by atoms with Crippen LogP contribution in [0.15, 0.2) is 36.4 Å². The summed E-state index contributed by atoms with van der Waals surface area (Å²) in [7, 11) is 0. The van der Waals surface area contributed by atoms with Crippen molar-refractivity contribution >= 4 is 34.8 Å². The van der Waals surface area contributed by atoms with Crippen molar-refractivity contribution in [1.29, 1.82) is 0 Å². The Morgan fingerprint density at radius 3 is 2.46 bits per heavy atom. The van der Waals surface area contributed by atoms with Gasteiger partial charge < -0.3 is 14.8 Å². The van der Waals surface area contributed by atoms with Crippen LogP contribution in [0.25, 0.3) is 0 Å². The molecular formula is C18H15Cl2NO3.